The number of ether oxygens (including phenoxy) is 2. The van der Waals surface area contributed by atoms with E-state index in [2.05, 4.69) is 0 Å². The number of carbonyl (C=O) groups excluding carboxylic acids is 1. The molecule has 0 atom stereocenters. The first-order valence-electron chi connectivity index (χ1n) is 7.81. The van der Waals surface area contributed by atoms with Crippen LogP contribution in [0.1, 0.15) is 15.9 Å². The van der Waals surface area contributed by atoms with Gasteiger partial charge in [-0.3, -0.25) is 0 Å². The zero-order valence-electron chi connectivity index (χ0n) is 13.7. The summed E-state index contributed by atoms with van der Waals surface area (Å²) >= 11 is 5.80. The van der Waals surface area contributed by atoms with Gasteiger partial charge >= 0.3 is 5.97 Å². The standard InChI is InChI=1S/C21H17ClO3/c1-24-19-9-5-16(6-10-19)17-7-11-20(12-8-17)25-21(23)18-4-2-3-15(13-18)14-22/h2-13H,14H2,1H3. The molecule has 0 aliphatic rings. The summed E-state index contributed by atoms with van der Waals surface area (Å²) in [4.78, 5) is 12.2. The molecule has 0 aliphatic heterocycles. The smallest absolute Gasteiger partial charge is 0.343 e. The molecule has 126 valence electrons. The first-order valence-corrected chi connectivity index (χ1v) is 8.34. The molecule has 25 heavy (non-hydrogen) atoms. The lowest BCUT2D eigenvalue weighted by molar-refractivity contribution is 0.0734. The van der Waals surface area contributed by atoms with Gasteiger partial charge in [-0.25, -0.2) is 4.79 Å². The summed E-state index contributed by atoms with van der Waals surface area (Å²) < 4.78 is 10.6. The van der Waals surface area contributed by atoms with Gasteiger partial charge in [-0.2, -0.15) is 0 Å². The van der Waals surface area contributed by atoms with Gasteiger partial charge in [0.05, 0.1) is 12.7 Å². The zero-order chi connectivity index (χ0) is 17.6. The fourth-order valence-electron chi connectivity index (χ4n) is 2.45. The Morgan fingerprint density at radius 3 is 2.04 bits per heavy atom. The summed E-state index contributed by atoms with van der Waals surface area (Å²) in [5, 5.41) is 0. The van der Waals surface area contributed by atoms with Crippen LogP contribution in [0.15, 0.2) is 72.8 Å². The molecule has 0 unspecified atom stereocenters. The molecule has 3 rings (SSSR count). The van der Waals surface area contributed by atoms with Crippen LogP contribution >= 0.6 is 11.6 Å². The molecule has 4 heteroatoms. The topological polar surface area (TPSA) is 35.5 Å². The molecule has 3 aromatic carbocycles. The second kappa shape index (κ2) is 7.86. The van der Waals surface area contributed by atoms with Crippen molar-refractivity contribution in [2.24, 2.45) is 0 Å². The van der Waals surface area contributed by atoms with Crippen LogP contribution in [0.5, 0.6) is 11.5 Å². The van der Waals surface area contributed by atoms with Gasteiger partial charge in [-0.15, -0.1) is 11.6 Å². The predicted octanol–water partition coefficient (Wildman–Crippen LogP) is 5.32. The summed E-state index contributed by atoms with van der Waals surface area (Å²) in [6.45, 7) is 0. The maximum atomic E-state index is 12.2. The molecule has 0 N–H and O–H groups in total. The normalized spacial score (nSPS) is 10.3. The molecular formula is C21H17ClO3. The Bertz CT molecular complexity index is 855. The van der Waals surface area contributed by atoms with E-state index in [1.165, 1.54) is 0 Å². The summed E-state index contributed by atoms with van der Waals surface area (Å²) in [6.07, 6.45) is 0. The van der Waals surface area contributed by atoms with Crippen LogP contribution in [-0.4, -0.2) is 13.1 Å². The van der Waals surface area contributed by atoms with Crippen LogP contribution in [0.4, 0.5) is 0 Å². The fourth-order valence-corrected chi connectivity index (χ4v) is 2.61. The van der Waals surface area contributed by atoms with Gasteiger partial charge in [-0.1, -0.05) is 36.4 Å². The van der Waals surface area contributed by atoms with Gasteiger partial charge in [0.1, 0.15) is 11.5 Å². The molecule has 0 fully saturated rings. The number of rotatable bonds is 5. The van der Waals surface area contributed by atoms with Crippen molar-refractivity contribution in [1.82, 2.24) is 0 Å². The lowest BCUT2D eigenvalue weighted by Crippen LogP contribution is -2.08. The van der Waals surface area contributed by atoms with Crippen molar-refractivity contribution >= 4 is 17.6 Å². The van der Waals surface area contributed by atoms with Crippen molar-refractivity contribution in [2.75, 3.05) is 7.11 Å². The van der Waals surface area contributed by atoms with Crippen molar-refractivity contribution in [2.45, 2.75) is 5.88 Å². The Kier molecular flexibility index (Phi) is 5.36. The van der Waals surface area contributed by atoms with Gasteiger partial charge in [-0.05, 0) is 53.1 Å². The number of carbonyl (C=O) groups is 1. The Hall–Kier alpha value is -2.78. The van der Waals surface area contributed by atoms with E-state index < -0.39 is 5.97 Å². The summed E-state index contributed by atoms with van der Waals surface area (Å²) in [5.74, 6) is 1.27. The monoisotopic (exact) mass is 352 g/mol. The average Bonchev–Trinajstić information content (AvgIpc) is 2.68. The van der Waals surface area contributed by atoms with Crippen LogP contribution < -0.4 is 9.47 Å². The van der Waals surface area contributed by atoms with Gasteiger partial charge in [0.25, 0.3) is 0 Å². The lowest BCUT2D eigenvalue weighted by atomic mass is 10.1. The van der Waals surface area contributed by atoms with E-state index in [-0.39, 0.29) is 0 Å². The second-order valence-electron chi connectivity index (χ2n) is 5.48. The molecule has 0 amide bonds. The third kappa shape index (κ3) is 4.20. The van der Waals surface area contributed by atoms with Crippen LogP contribution in [0.2, 0.25) is 0 Å². The van der Waals surface area contributed by atoms with Gasteiger partial charge in [0.2, 0.25) is 0 Å². The number of alkyl halides is 1. The summed E-state index contributed by atoms with van der Waals surface area (Å²) in [5.41, 5.74) is 3.46. The Balaban J connectivity index is 1.72. The van der Waals surface area contributed by atoms with E-state index >= 15 is 0 Å². The minimum absolute atomic E-state index is 0.359. The molecule has 0 aromatic heterocycles. The van der Waals surface area contributed by atoms with Crippen LogP contribution in [-0.2, 0) is 5.88 Å². The molecule has 0 aliphatic carbocycles. The fraction of sp³-hybridized carbons (Fsp3) is 0.0952. The second-order valence-corrected chi connectivity index (χ2v) is 5.74. The van der Waals surface area contributed by atoms with E-state index in [1.54, 1.807) is 37.4 Å². The van der Waals surface area contributed by atoms with Gasteiger partial charge < -0.3 is 9.47 Å². The van der Waals surface area contributed by atoms with Crippen molar-refractivity contribution in [3.63, 3.8) is 0 Å². The SMILES string of the molecule is COc1ccc(-c2ccc(OC(=O)c3cccc(CCl)c3)cc2)cc1. The minimum atomic E-state index is -0.399. The van der Waals surface area contributed by atoms with Crippen molar-refractivity contribution in [1.29, 1.82) is 0 Å². The maximum absolute atomic E-state index is 12.2. The van der Waals surface area contributed by atoms with Crippen molar-refractivity contribution in [3.8, 4) is 22.6 Å². The predicted molar refractivity (Wildman–Crippen MR) is 99.4 cm³/mol. The Morgan fingerprint density at radius 1 is 0.880 bits per heavy atom. The number of hydrogen-bond donors (Lipinski definition) is 0. The summed E-state index contributed by atoms with van der Waals surface area (Å²) in [7, 11) is 1.64. The van der Waals surface area contributed by atoms with E-state index in [1.807, 2.05) is 42.5 Å². The molecule has 3 nitrogen and oxygen atoms in total. The molecule has 0 saturated carbocycles. The highest BCUT2D eigenvalue weighted by molar-refractivity contribution is 6.17. The van der Waals surface area contributed by atoms with Crippen LogP contribution in [0.25, 0.3) is 11.1 Å². The van der Waals surface area contributed by atoms with Crippen LogP contribution in [0.3, 0.4) is 0 Å². The molecule has 0 radical (unpaired) electrons. The van der Waals surface area contributed by atoms with E-state index in [9.17, 15) is 4.79 Å². The molecule has 0 heterocycles. The minimum Gasteiger partial charge on any atom is -0.497 e. The maximum Gasteiger partial charge on any atom is 0.343 e. The Labute approximate surface area is 151 Å². The number of esters is 1. The van der Waals surface area contributed by atoms with Gasteiger partial charge in [0, 0.05) is 5.88 Å². The quantitative estimate of drug-likeness (QED) is 0.354. The average molecular weight is 353 g/mol. The number of hydrogen-bond acceptors (Lipinski definition) is 3. The van der Waals surface area contributed by atoms with Crippen LogP contribution in [0, 0.1) is 0 Å². The van der Waals surface area contributed by atoms with E-state index in [0.717, 1.165) is 22.4 Å². The molecule has 0 spiro atoms. The summed E-state index contributed by atoms with van der Waals surface area (Å²) in [6, 6.07) is 22.3. The highest BCUT2D eigenvalue weighted by Crippen LogP contribution is 2.25. The zero-order valence-corrected chi connectivity index (χ0v) is 14.5. The number of benzene rings is 3. The third-order valence-electron chi connectivity index (χ3n) is 3.81. The molecule has 3 aromatic rings. The number of methoxy groups -OCH3 is 1. The third-order valence-corrected chi connectivity index (χ3v) is 4.11. The lowest BCUT2D eigenvalue weighted by Gasteiger charge is -2.07. The van der Waals surface area contributed by atoms with E-state index in [4.69, 9.17) is 21.1 Å². The first-order chi connectivity index (χ1) is 12.2. The Morgan fingerprint density at radius 2 is 1.48 bits per heavy atom. The molecular weight excluding hydrogens is 336 g/mol. The van der Waals surface area contributed by atoms with Gasteiger partial charge in [0.15, 0.2) is 0 Å². The highest BCUT2D eigenvalue weighted by Gasteiger charge is 2.09. The van der Waals surface area contributed by atoms with Crippen molar-refractivity contribution < 1.29 is 14.3 Å². The van der Waals surface area contributed by atoms with Crippen molar-refractivity contribution in [3.05, 3.63) is 83.9 Å². The molecule has 0 bridgehead atoms. The number of halogens is 1. The molecule has 0 saturated heterocycles. The first kappa shape index (κ1) is 17.1. The highest BCUT2D eigenvalue weighted by atomic mass is 35.5. The largest absolute Gasteiger partial charge is 0.497 e. The van der Waals surface area contributed by atoms with E-state index in [0.29, 0.717) is 17.2 Å².